The van der Waals surface area contributed by atoms with Crippen LogP contribution in [0.3, 0.4) is 0 Å². The standard InChI is InChI=1S/C23H28N2O5/c1-23(2,3)30-22(28)25-12-10-16(11-13-25)15-29-19-8-9-20(24-14-19)17-4-6-18(7-5-17)21(26)27/h4-9,14,16H,10-13,15H2,1-3H3,(H,26,27). The molecule has 30 heavy (non-hydrogen) atoms. The Bertz CT molecular complexity index is 864. The molecule has 0 spiro atoms. The average Bonchev–Trinajstić information content (AvgIpc) is 2.72. The first-order valence-electron chi connectivity index (χ1n) is 10.1. The van der Waals surface area contributed by atoms with Crippen LogP contribution in [0.15, 0.2) is 42.6 Å². The minimum Gasteiger partial charge on any atom is -0.492 e. The maximum absolute atomic E-state index is 12.1. The van der Waals surface area contributed by atoms with E-state index in [0.717, 1.165) is 24.1 Å². The van der Waals surface area contributed by atoms with Gasteiger partial charge in [0, 0.05) is 18.7 Å². The summed E-state index contributed by atoms with van der Waals surface area (Å²) >= 11 is 0. The Morgan fingerprint density at radius 2 is 1.77 bits per heavy atom. The quantitative estimate of drug-likeness (QED) is 0.779. The highest BCUT2D eigenvalue weighted by Crippen LogP contribution is 2.23. The smallest absolute Gasteiger partial charge is 0.410 e. The van der Waals surface area contributed by atoms with Crippen molar-refractivity contribution in [2.24, 2.45) is 5.92 Å². The molecule has 7 nitrogen and oxygen atoms in total. The molecule has 160 valence electrons. The van der Waals surface area contributed by atoms with Gasteiger partial charge in [0.05, 0.1) is 24.1 Å². The first-order chi connectivity index (χ1) is 14.2. The summed E-state index contributed by atoms with van der Waals surface area (Å²) in [4.78, 5) is 29.3. The molecule has 1 aromatic heterocycles. The first kappa shape index (κ1) is 21.6. The largest absolute Gasteiger partial charge is 0.492 e. The first-order valence-corrected chi connectivity index (χ1v) is 10.1. The number of benzene rings is 1. The second kappa shape index (κ2) is 9.15. The van der Waals surface area contributed by atoms with Crippen LogP contribution in [0.1, 0.15) is 44.0 Å². The van der Waals surface area contributed by atoms with Crippen molar-refractivity contribution < 1.29 is 24.2 Å². The van der Waals surface area contributed by atoms with E-state index in [1.165, 1.54) is 0 Å². The van der Waals surface area contributed by atoms with Crippen LogP contribution < -0.4 is 4.74 Å². The number of aromatic carboxylic acids is 1. The zero-order chi connectivity index (χ0) is 21.7. The summed E-state index contributed by atoms with van der Waals surface area (Å²) in [5.74, 6) is 0.123. The number of rotatable bonds is 5. The molecule has 1 aromatic carbocycles. The zero-order valence-corrected chi connectivity index (χ0v) is 17.6. The van der Waals surface area contributed by atoms with E-state index in [2.05, 4.69) is 4.98 Å². The van der Waals surface area contributed by atoms with Crippen molar-refractivity contribution in [3.05, 3.63) is 48.2 Å². The summed E-state index contributed by atoms with van der Waals surface area (Å²) in [6.07, 6.45) is 3.18. The van der Waals surface area contributed by atoms with Crippen LogP contribution in [0, 0.1) is 5.92 Å². The summed E-state index contributed by atoms with van der Waals surface area (Å²) in [6, 6.07) is 10.3. The number of carboxylic acid groups (broad SMARTS) is 1. The highest BCUT2D eigenvalue weighted by atomic mass is 16.6. The van der Waals surface area contributed by atoms with Crippen molar-refractivity contribution in [3.63, 3.8) is 0 Å². The van der Waals surface area contributed by atoms with Crippen LogP contribution in [-0.2, 0) is 4.74 Å². The molecule has 3 rings (SSSR count). The third-order valence-corrected chi connectivity index (χ3v) is 4.92. The Balaban J connectivity index is 1.47. The number of carbonyl (C=O) groups excluding carboxylic acids is 1. The fourth-order valence-electron chi connectivity index (χ4n) is 3.24. The number of carbonyl (C=O) groups is 2. The minimum atomic E-state index is -0.949. The highest BCUT2D eigenvalue weighted by molar-refractivity contribution is 5.88. The lowest BCUT2D eigenvalue weighted by Gasteiger charge is -2.33. The van der Waals surface area contributed by atoms with Crippen molar-refractivity contribution in [2.75, 3.05) is 19.7 Å². The number of hydrogen-bond donors (Lipinski definition) is 1. The molecule has 0 bridgehead atoms. The van der Waals surface area contributed by atoms with Crippen molar-refractivity contribution >= 4 is 12.1 Å². The maximum Gasteiger partial charge on any atom is 0.410 e. The molecule has 0 radical (unpaired) electrons. The Kier molecular flexibility index (Phi) is 6.59. The van der Waals surface area contributed by atoms with Gasteiger partial charge in [0.15, 0.2) is 0 Å². The van der Waals surface area contributed by atoms with Gasteiger partial charge in [-0.1, -0.05) is 12.1 Å². The molecule has 1 N–H and O–H groups in total. The average molecular weight is 412 g/mol. The van der Waals surface area contributed by atoms with E-state index in [4.69, 9.17) is 14.6 Å². The predicted molar refractivity (Wildman–Crippen MR) is 113 cm³/mol. The number of aromatic nitrogens is 1. The van der Waals surface area contributed by atoms with Crippen LogP contribution >= 0.6 is 0 Å². The lowest BCUT2D eigenvalue weighted by molar-refractivity contribution is 0.0164. The molecule has 1 fully saturated rings. The van der Waals surface area contributed by atoms with Gasteiger partial charge in [-0.25, -0.2) is 9.59 Å². The van der Waals surface area contributed by atoms with Crippen molar-refractivity contribution in [1.29, 1.82) is 0 Å². The van der Waals surface area contributed by atoms with Gasteiger partial charge >= 0.3 is 12.1 Å². The van der Waals surface area contributed by atoms with Gasteiger partial charge in [-0.15, -0.1) is 0 Å². The number of pyridine rings is 1. The van der Waals surface area contributed by atoms with Crippen LogP contribution in [0.5, 0.6) is 5.75 Å². The van der Waals surface area contributed by atoms with E-state index in [-0.39, 0.29) is 11.7 Å². The van der Waals surface area contributed by atoms with Crippen molar-refractivity contribution in [2.45, 2.75) is 39.2 Å². The molecular weight excluding hydrogens is 384 g/mol. The van der Waals surface area contributed by atoms with Gasteiger partial charge in [0.25, 0.3) is 0 Å². The Labute approximate surface area is 176 Å². The number of nitrogens with zero attached hydrogens (tertiary/aromatic N) is 2. The summed E-state index contributed by atoms with van der Waals surface area (Å²) in [5, 5.41) is 8.98. The molecule has 0 unspecified atom stereocenters. The molecule has 0 saturated carbocycles. The molecule has 1 amide bonds. The van der Waals surface area contributed by atoms with Gasteiger partial charge in [0.2, 0.25) is 0 Å². The van der Waals surface area contributed by atoms with Gasteiger partial charge in [0.1, 0.15) is 11.4 Å². The van der Waals surface area contributed by atoms with Crippen molar-refractivity contribution in [1.82, 2.24) is 9.88 Å². The number of ether oxygens (including phenoxy) is 2. The van der Waals surface area contributed by atoms with Crippen LogP contribution in [-0.4, -0.2) is 52.4 Å². The Morgan fingerprint density at radius 3 is 2.30 bits per heavy atom. The Hall–Kier alpha value is -3.09. The molecule has 0 atom stereocenters. The number of carboxylic acids is 1. The van der Waals surface area contributed by atoms with E-state index in [1.54, 1.807) is 35.4 Å². The van der Waals surface area contributed by atoms with Gasteiger partial charge in [-0.05, 0) is 63.8 Å². The molecular formula is C23H28N2O5. The number of hydrogen-bond acceptors (Lipinski definition) is 5. The van der Waals surface area contributed by atoms with E-state index >= 15 is 0 Å². The molecule has 7 heteroatoms. The highest BCUT2D eigenvalue weighted by Gasteiger charge is 2.27. The minimum absolute atomic E-state index is 0.247. The molecule has 1 aliphatic rings. The number of likely N-dealkylation sites (tertiary alicyclic amines) is 1. The van der Waals surface area contributed by atoms with Gasteiger partial charge in [-0.2, -0.15) is 0 Å². The van der Waals surface area contributed by atoms with E-state index in [1.807, 2.05) is 32.9 Å². The molecule has 2 heterocycles. The third-order valence-electron chi connectivity index (χ3n) is 4.92. The summed E-state index contributed by atoms with van der Waals surface area (Å²) in [5.41, 5.74) is 1.37. The lowest BCUT2D eigenvalue weighted by atomic mass is 9.98. The zero-order valence-electron chi connectivity index (χ0n) is 17.6. The number of amides is 1. The van der Waals surface area contributed by atoms with E-state index < -0.39 is 11.6 Å². The maximum atomic E-state index is 12.1. The fourth-order valence-corrected chi connectivity index (χ4v) is 3.24. The van der Waals surface area contributed by atoms with E-state index in [9.17, 15) is 9.59 Å². The SMILES string of the molecule is CC(C)(C)OC(=O)N1CCC(COc2ccc(-c3ccc(C(=O)O)cc3)nc2)CC1. The third kappa shape index (κ3) is 5.95. The van der Waals surface area contributed by atoms with Gasteiger partial charge < -0.3 is 19.5 Å². The van der Waals surface area contributed by atoms with Crippen LogP contribution in [0.25, 0.3) is 11.3 Å². The fraction of sp³-hybridized carbons (Fsp3) is 0.435. The topological polar surface area (TPSA) is 89.0 Å². The monoisotopic (exact) mass is 412 g/mol. The summed E-state index contributed by atoms with van der Waals surface area (Å²) < 4.78 is 11.3. The number of piperidine rings is 1. The van der Waals surface area contributed by atoms with Gasteiger partial charge in [-0.3, -0.25) is 4.98 Å². The lowest BCUT2D eigenvalue weighted by Crippen LogP contribution is -2.42. The molecule has 2 aromatic rings. The molecule has 0 aliphatic carbocycles. The van der Waals surface area contributed by atoms with E-state index in [0.29, 0.717) is 31.4 Å². The predicted octanol–water partition coefficient (Wildman–Crippen LogP) is 4.47. The summed E-state index contributed by atoms with van der Waals surface area (Å²) in [6.45, 7) is 7.54. The van der Waals surface area contributed by atoms with Crippen molar-refractivity contribution in [3.8, 4) is 17.0 Å². The molecule has 1 saturated heterocycles. The molecule has 1 aliphatic heterocycles. The normalized spacial score (nSPS) is 15.0. The second-order valence-corrected chi connectivity index (χ2v) is 8.48. The van der Waals surface area contributed by atoms with Crippen LogP contribution in [0.2, 0.25) is 0 Å². The second-order valence-electron chi connectivity index (χ2n) is 8.48. The summed E-state index contributed by atoms with van der Waals surface area (Å²) in [7, 11) is 0. The van der Waals surface area contributed by atoms with Crippen LogP contribution in [0.4, 0.5) is 4.79 Å². The Morgan fingerprint density at radius 1 is 1.10 bits per heavy atom.